The predicted molar refractivity (Wildman–Crippen MR) is 106 cm³/mol. The molecule has 1 saturated heterocycles. The van der Waals surface area contributed by atoms with Crippen LogP contribution in [0.1, 0.15) is 35.1 Å². The number of benzene rings is 1. The maximum absolute atomic E-state index is 12.6. The standard InChI is InChI=1S/C21H23N5O3/c1-25-12-9-23-20(25)21(27)26-10-7-15(8-11-26)18-13-22-14-19(24-18)29-17-5-3-16(28-2)4-6-17/h3-6,9,12-15H,7-8,10-11H2,1-2H3. The highest BCUT2D eigenvalue weighted by Crippen LogP contribution is 2.29. The molecule has 2 aromatic heterocycles. The molecule has 3 heterocycles. The number of hydrogen-bond acceptors (Lipinski definition) is 6. The summed E-state index contributed by atoms with van der Waals surface area (Å²) >= 11 is 0. The van der Waals surface area contributed by atoms with Crippen molar-refractivity contribution in [1.29, 1.82) is 0 Å². The SMILES string of the molecule is COc1ccc(Oc2cncc(C3CCN(C(=O)c4nccn4C)CC3)n2)cc1. The summed E-state index contributed by atoms with van der Waals surface area (Å²) in [6.07, 6.45) is 8.47. The zero-order chi connectivity index (χ0) is 20.2. The van der Waals surface area contributed by atoms with E-state index in [0.29, 0.717) is 30.5 Å². The molecular weight excluding hydrogens is 370 g/mol. The molecule has 29 heavy (non-hydrogen) atoms. The summed E-state index contributed by atoms with van der Waals surface area (Å²) in [4.78, 5) is 27.5. The third kappa shape index (κ3) is 4.21. The van der Waals surface area contributed by atoms with Crippen molar-refractivity contribution in [3.63, 3.8) is 0 Å². The van der Waals surface area contributed by atoms with Crippen LogP contribution in [-0.2, 0) is 7.05 Å². The highest BCUT2D eigenvalue weighted by Gasteiger charge is 2.27. The van der Waals surface area contributed by atoms with Crippen LogP contribution in [0, 0.1) is 0 Å². The van der Waals surface area contributed by atoms with Crippen molar-refractivity contribution in [2.24, 2.45) is 7.05 Å². The topological polar surface area (TPSA) is 82.4 Å². The molecule has 8 nitrogen and oxygen atoms in total. The second-order valence-corrected chi connectivity index (χ2v) is 6.99. The Hall–Kier alpha value is -3.42. The second kappa shape index (κ2) is 8.30. The number of amides is 1. The first kappa shape index (κ1) is 18.9. The lowest BCUT2D eigenvalue weighted by Crippen LogP contribution is -2.39. The number of rotatable bonds is 5. The quantitative estimate of drug-likeness (QED) is 0.663. The van der Waals surface area contributed by atoms with Gasteiger partial charge >= 0.3 is 0 Å². The lowest BCUT2D eigenvalue weighted by Gasteiger charge is -2.31. The van der Waals surface area contributed by atoms with Crippen molar-refractivity contribution < 1.29 is 14.3 Å². The molecule has 1 aliphatic rings. The van der Waals surface area contributed by atoms with E-state index in [9.17, 15) is 4.79 Å². The Labute approximate surface area is 169 Å². The van der Waals surface area contributed by atoms with Gasteiger partial charge in [0.25, 0.3) is 5.91 Å². The molecule has 0 N–H and O–H groups in total. The average Bonchev–Trinajstić information content (AvgIpc) is 3.20. The summed E-state index contributed by atoms with van der Waals surface area (Å²) in [5.74, 6) is 2.58. The van der Waals surface area contributed by atoms with Gasteiger partial charge in [-0.25, -0.2) is 9.97 Å². The van der Waals surface area contributed by atoms with Crippen LogP contribution in [0.4, 0.5) is 0 Å². The highest BCUT2D eigenvalue weighted by molar-refractivity contribution is 5.90. The number of likely N-dealkylation sites (tertiary alicyclic amines) is 1. The van der Waals surface area contributed by atoms with E-state index < -0.39 is 0 Å². The summed E-state index contributed by atoms with van der Waals surface area (Å²) in [6.45, 7) is 1.34. The van der Waals surface area contributed by atoms with E-state index in [1.807, 2.05) is 36.2 Å². The van der Waals surface area contributed by atoms with Gasteiger partial charge in [-0.1, -0.05) is 0 Å². The number of methoxy groups -OCH3 is 1. The fourth-order valence-corrected chi connectivity index (χ4v) is 3.46. The van der Waals surface area contributed by atoms with Gasteiger partial charge in [-0.05, 0) is 37.1 Å². The van der Waals surface area contributed by atoms with Gasteiger partial charge < -0.3 is 18.9 Å². The van der Waals surface area contributed by atoms with E-state index in [1.165, 1.54) is 0 Å². The van der Waals surface area contributed by atoms with Crippen molar-refractivity contribution in [3.05, 3.63) is 60.6 Å². The summed E-state index contributed by atoms with van der Waals surface area (Å²) in [6, 6.07) is 7.33. The van der Waals surface area contributed by atoms with Crippen molar-refractivity contribution in [1.82, 2.24) is 24.4 Å². The zero-order valence-electron chi connectivity index (χ0n) is 16.5. The molecule has 1 fully saturated rings. The molecule has 0 atom stereocenters. The molecule has 0 spiro atoms. The van der Waals surface area contributed by atoms with E-state index in [2.05, 4.69) is 15.0 Å². The summed E-state index contributed by atoms with van der Waals surface area (Å²) in [5, 5.41) is 0. The number of hydrogen-bond donors (Lipinski definition) is 0. The van der Waals surface area contributed by atoms with Crippen LogP contribution in [0.3, 0.4) is 0 Å². The first-order valence-corrected chi connectivity index (χ1v) is 9.54. The molecule has 1 aliphatic heterocycles. The van der Waals surface area contributed by atoms with E-state index in [4.69, 9.17) is 9.47 Å². The third-order valence-electron chi connectivity index (χ3n) is 5.13. The minimum atomic E-state index is -0.0291. The highest BCUT2D eigenvalue weighted by atomic mass is 16.5. The fraction of sp³-hybridized carbons (Fsp3) is 0.333. The summed E-state index contributed by atoms with van der Waals surface area (Å²) in [5.41, 5.74) is 0.889. The molecule has 150 valence electrons. The lowest BCUT2D eigenvalue weighted by atomic mass is 9.93. The van der Waals surface area contributed by atoms with Crippen LogP contribution in [0.2, 0.25) is 0 Å². The fourth-order valence-electron chi connectivity index (χ4n) is 3.46. The Morgan fingerprint density at radius 1 is 1.10 bits per heavy atom. The maximum Gasteiger partial charge on any atom is 0.289 e. The van der Waals surface area contributed by atoms with Gasteiger partial charge in [0, 0.05) is 44.6 Å². The molecule has 0 bridgehead atoms. The third-order valence-corrected chi connectivity index (χ3v) is 5.13. The first-order chi connectivity index (χ1) is 14.1. The molecule has 4 rings (SSSR count). The average molecular weight is 393 g/mol. The molecule has 8 heteroatoms. The molecule has 0 saturated carbocycles. The van der Waals surface area contributed by atoms with Gasteiger partial charge in [-0.2, -0.15) is 0 Å². The monoisotopic (exact) mass is 393 g/mol. The Morgan fingerprint density at radius 2 is 1.83 bits per heavy atom. The molecular formula is C21H23N5O3. The Balaban J connectivity index is 1.39. The molecule has 0 unspecified atom stereocenters. The van der Waals surface area contributed by atoms with Crippen LogP contribution in [0.25, 0.3) is 0 Å². The van der Waals surface area contributed by atoms with Gasteiger partial charge in [0.1, 0.15) is 11.5 Å². The number of carbonyl (C=O) groups is 1. The second-order valence-electron chi connectivity index (χ2n) is 6.99. The van der Waals surface area contributed by atoms with Crippen LogP contribution < -0.4 is 9.47 Å². The normalized spacial score (nSPS) is 14.6. The van der Waals surface area contributed by atoms with E-state index in [-0.39, 0.29) is 11.8 Å². The van der Waals surface area contributed by atoms with E-state index in [0.717, 1.165) is 24.3 Å². The van der Waals surface area contributed by atoms with Crippen LogP contribution in [0.15, 0.2) is 49.1 Å². The molecule has 1 amide bonds. The van der Waals surface area contributed by atoms with Gasteiger partial charge in [0.15, 0.2) is 5.82 Å². The van der Waals surface area contributed by atoms with Gasteiger partial charge in [0.2, 0.25) is 5.88 Å². The van der Waals surface area contributed by atoms with Gasteiger partial charge in [0.05, 0.1) is 19.0 Å². The Morgan fingerprint density at radius 3 is 2.48 bits per heavy atom. The lowest BCUT2D eigenvalue weighted by molar-refractivity contribution is 0.0696. The van der Waals surface area contributed by atoms with E-state index in [1.54, 1.807) is 36.5 Å². The minimum absolute atomic E-state index is 0.0291. The number of aryl methyl sites for hydroxylation is 1. The summed E-state index contributed by atoms with van der Waals surface area (Å²) < 4.78 is 12.7. The predicted octanol–water partition coefficient (Wildman–Crippen LogP) is 3.03. The first-order valence-electron chi connectivity index (χ1n) is 9.54. The Bertz CT molecular complexity index is 978. The van der Waals surface area contributed by atoms with Crippen molar-refractivity contribution >= 4 is 5.91 Å². The van der Waals surface area contributed by atoms with Crippen LogP contribution >= 0.6 is 0 Å². The maximum atomic E-state index is 12.6. The smallest absolute Gasteiger partial charge is 0.289 e. The Kier molecular flexibility index (Phi) is 5.41. The zero-order valence-corrected chi connectivity index (χ0v) is 16.5. The molecule has 1 aromatic carbocycles. The number of carbonyl (C=O) groups excluding carboxylic acids is 1. The van der Waals surface area contributed by atoms with Crippen LogP contribution in [0.5, 0.6) is 17.4 Å². The number of nitrogens with zero attached hydrogens (tertiary/aromatic N) is 5. The van der Waals surface area contributed by atoms with Crippen molar-refractivity contribution in [2.45, 2.75) is 18.8 Å². The molecule has 0 aliphatic carbocycles. The number of piperidine rings is 1. The van der Waals surface area contributed by atoms with Crippen molar-refractivity contribution in [2.75, 3.05) is 20.2 Å². The van der Waals surface area contributed by atoms with Gasteiger partial charge in [-0.15, -0.1) is 0 Å². The molecule has 0 radical (unpaired) electrons. The number of aromatic nitrogens is 4. The molecule has 3 aromatic rings. The summed E-state index contributed by atoms with van der Waals surface area (Å²) in [7, 11) is 3.46. The largest absolute Gasteiger partial charge is 0.497 e. The van der Waals surface area contributed by atoms with Gasteiger partial charge in [-0.3, -0.25) is 9.78 Å². The number of imidazole rings is 1. The minimum Gasteiger partial charge on any atom is -0.497 e. The van der Waals surface area contributed by atoms with Crippen LogP contribution in [-0.4, -0.2) is 50.5 Å². The van der Waals surface area contributed by atoms with E-state index >= 15 is 0 Å². The van der Waals surface area contributed by atoms with Crippen molar-refractivity contribution in [3.8, 4) is 17.4 Å². The number of ether oxygens (including phenoxy) is 2.